The molecule has 0 unspecified atom stereocenters. The molecule has 0 fully saturated rings. The highest BCUT2D eigenvalue weighted by atomic mass is 35.5. The minimum atomic E-state index is -0.256. The summed E-state index contributed by atoms with van der Waals surface area (Å²) >= 11 is 5.95. The third kappa shape index (κ3) is 5.65. The average molecular weight is 415 g/mol. The lowest BCUT2D eigenvalue weighted by molar-refractivity contribution is 0.0726. The molecule has 29 heavy (non-hydrogen) atoms. The van der Waals surface area contributed by atoms with Crippen LogP contribution < -0.4 is 0 Å². The molecule has 0 atom stereocenters. The fraction of sp³-hybridized carbons (Fsp3) is 0.273. The molecule has 5 nitrogen and oxygen atoms in total. The van der Waals surface area contributed by atoms with Crippen molar-refractivity contribution in [3.63, 3.8) is 0 Å². The summed E-state index contributed by atoms with van der Waals surface area (Å²) in [4.78, 5) is 21.3. The highest BCUT2D eigenvalue weighted by Gasteiger charge is 2.19. The Bertz CT molecular complexity index is 955. The van der Waals surface area contributed by atoms with Gasteiger partial charge in [-0.25, -0.2) is 9.37 Å². The van der Waals surface area contributed by atoms with Crippen LogP contribution >= 0.6 is 11.6 Å². The topological polar surface area (TPSA) is 41.4 Å². The number of hydrogen-bond acceptors (Lipinski definition) is 3. The van der Waals surface area contributed by atoms with Crippen LogP contribution in [-0.2, 0) is 13.1 Å². The first-order valence-electron chi connectivity index (χ1n) is 9.37. The quantitative estimate of drug-likeness (QED) is 0.561. The maximum absolute atomic E-state index is 14.1. The summed E-state index contributed by atoms with van der Waals surface area (Å²) in [6.45, 7) is 1.95. The molecule has 0 radical (unpaired) electrons. The van der Waals surface area contributed by atoms with Crippen molar-refractivity contribution in [2.24, 2.45) is 0 Å². The molecular weight excluding hydrogens is 391 g/mol. The lowest BCUT2D eigenvalue weighted by Crippen LogP contribution is -2.37. The summed E-state index contributed by atoms with van der Waals surface area (Å²) in [6, 6.07) is 13.5. The van der Waals surface area contributed by atoms with Crippen LogP contribution in [0.25, 0.3) is 0 Å². The van der Waals surface area contributed by atoms with E-state index in [0.717, 1.165) is 0 Å². The van der Waals surface area contributed by atoms with Crippen LogP contribution in [0.15, 0.2) is 60.9 Å². The summed E-state index contributed by atoms with van der Waals surface area (Å²) in [7, 11) is 3.92. The van der Waals surface area contributed by atoms with Crippen LogP contribution in [0.1, 0.15) is 21.7 Å². The van der Waals surface area contributed by atoms with Crippen LogP contribution in [0, 0.1) is 5.82 Å². The van der Waals surface area contributed by atoms with Crippen LogP contribution in [0.5, 0.6) is 0 Å². The summed E-state index contributed by atoms with van der Waals surface area (Å²) in [5, 5.41) is 0.585. The molecule has 1 aromatic heterocycles. The van der Waals surface area contributed by atoms with E-state index in [4.69, 9.17) is 11.6 Å². The van der Waals surface area contributed by atoms with Gasteiger partial charge in [-0.3, -0.25) is 4.79 Å². The fourth-order valence-corrected chi connectivity index (χ4v) is 3.09. The molecule has 0 spiro atoms. The van der Waals surface area contributed by atoms with Crippen molar-refractivity contribution in [1.29, 1.82) is 0 Å². The van der Waals surface area contributed by atoms with E-state index in [9.17, 15) is 9.18 Å². The zero-order chi connectivity index (χ0) is 20.8. The summed E-state index contributed by atoms with van der Waals surface area (Å²) in [6.07, 6.45) is 3.48. The van der Waals surface area contributed by atoms with E-state index in [-0.39, 0.29) is 11.7 Å². The first-order chi connectivity index (χ1) is 13.9. The number of amides is 1. The van der Waals surface area contributed by atoms with Crippen molar-refractivity contribution in [3.8, 4) is 0 Å². The Labute approximate surface area is 175 Å². The van der Waals surface area contributed by atoms with Gasteiger partial charge in [0.1, 0.15) is 11.6 Å². The first-order valence-corrected chi connectivity index (χ1v) is 9.75. The Kier molecular flexibility index (Phi) is 7.01. The number of benzene rings is 2. The van der Waals surface area contributed by atoms with Crippen molar-refractivity contribution in [2.45, 2.75) is 13.1 Å². The largest absolute Gasteiger partial charge is 0.330 e. The fourth-order valence-electron chi connectivity index (χ4n) is 2.96. The van der Waals surface area contributed by atoms with Gasteiger partial charge in [0.05, 0.1) is 13.1 Å². The SMILES string of the molecule is CN(C)CCN(Cc1nccn1Cc1ccccc1F)C(=O)c1ccc(Cl)cc1. The smallest absolute Gasteiger partial charge is 0.254 e. The van der Waals surface area contributed by atoms with Crippen LogP contribution in [-0.4, -0.2) is 52.4 Å². The van der Waals surface area contributed by atoms with Gasteiger partial charge >= 0.3 is 0 Å². The molecule has 0 aliphatic rings. The molecule has 0 bridgehead atoms. The maximum Gasteiger partial charge on any atom is 0.254 e. The highest BCUT2D eigenvalue weighted by Crippen LogP contribution is 2.15. The Morgan fingerprint density at radius 2 is 1.83 bits per heavy atom. The van der Waals surface area contributed by atoms with E-state index in [0.29, 0.717) is 48.2 Å². The van der Waals surface area contributed by atoms with Crippen LogP contribution in [0.4, 0.5) is 4.39 Å². The standard InChI is InChI=1S/C22H24ClFN4O/c1-26(2)13-14-28(22(29)17-7-9-19(23)10-8-17)16-21-25-11-12-27(21)15-18-5-3-4-6-20(18)24/h3-12H,13-16H2,1-2H3. The van der Waals surface area contributed by atoms with Gasteiger partial charge < -0.3 is 14.4 Å². The van der Waals surface area contributed by atoms with E-state index in [2.05, 4.69) is 4.98 Å². The number of rotatable bonds is 8. The predicted octanol–water partition coefficient (Wildman–Crippen LogP) is 3.93. The van der Waals surface area contributed by atoms with Gasteiger partial charge in [0.25, 0.3) is 5.91 Å². The van der Waals surface area contributed by atoms with E-state index >= 15 is 0 Å². The molecule has 3 aromatic rings. The van der Waals surface area contributed by atoms with Gasteiger partial charge in [-0.1, -0.05) is 29.8 Å². The first kappa shape index (κ1) is 21.0. The van der Waals surface area contributed by atoms with E-state index in [1.54, 1.807) is 53.7 Å². The van der Waals surface area contributed by atoms with Gasteiger partial charge in [0.2, 0.25) is 0 Å². The Morgan fingerprint density at radius 1 is 1.10 bits per heavy atom. The molecule has 0 N–H and O–H groups in total. The number of hydrogen-bond donors (Lipinski definition) is 0. The third-order valence-electron chi connectivity index (χ3n) is 4.63. The third-order valence-corrected chi connectivity index (χ3v) is 4.88. The Hall–Kier alpha value is -2.70. The zero-order valence-corrected chi connectivity index (χ0v) is 17.3. The molecule has 3 rings (SSSR count). The second-order valence-corrected chi connectivity index (χ2v) is 7.54. The van der Waals surface area contributed by atoms with E-state index in [1.807, 2.05) is 29.6 Å². The van der Waals surface area contributed by atoms with Crippen molar-refractivity contribution >= 4 is 17.5 Å². The number of imidazole rings is 1. The number of carbonyl (C=O) groups is 1. The lowest BCUT2D eigenvalue weighted by atomic mass is 10.2. The molecule has 2 aromatic carbocycles. The normalized spacial score (nSPS) is 11.1. The molecule has 0 saturated carbocycles. The minimum Gasteiger partial charge on any atom is -0.330 e. The summed E-state index contributed by atoms with van der Waals surface area (Å²) < 4.78 is 15.9. The molecular formula is C22H24ClFN4O. The van der Waals surface area contributed by atoms with Gasteiger partial charge in [-0.2, -0.15) is 0 Å². The monoisotopic (exact) mass is 414 g/mol. The van der Waals surface area contributed by atoms with Crippen LogP contribution in [0.2, 0.25) is 5.02 Å². The van der Waals surface area contributed by atoms with Crippen molar-refractivity contribution < 1.29 is 9.18 Å². The molecule has 152 valence electrons. The summed E-state index contributed by atoms with van der Waals surface area (Å²) in [5.74, 6) is 0.354. The van der Waals surface area contributed by atoms with Gasteiger partial charge in [0.15, 0.2) is 0 Å². The van der Waals surface area contributed by atoms with Crippen LogP contribution in [0.3, 0.4) is 0 Å². The van der Waals surface area contributed by atoms with Gasteiger partial charge in [0, 0.05) is 41.6 Å². The molecule has 0 aliphatic heterocycles. The van der Waals surface area contributed by atoms with E-state index < -0.39 is 0 Å². The number of likely N-dealkylation sites (N-methyl/N-ethyl adjacent to an activating group) is 1. The predicted molar refractivity (Wildman–Crippen MR) is 112 cm³/mol. The van der Waals surface area contributed by atoms with Crippen molar-refractivity contribution in [1.82, 2.24) is 19.4 Å². The lowest BCUT2D eigenvalue weighted by Gasteiger charge is -2.25. The molecule has 1 amide bonds. The molecule has 1 heterocycles. The summed E-state index contributed by atoms with van der Waals surface area (Å²) in [5.41, 5.74) is 1.15. The number of carbonyl (C=O) groups excluding carboxylic acids is 1. The minimum absolute atomic E-state index is 0.0936. The molecule has 0 saturated heterocycles. The van der Waals surface area contributed by atoms with Crippen molar-refractivity contribution in [3.05, 3.63) is 88.7 Å². The number of aromatic nitrogens is 2. The maximum atomic E-state index is 14.1. The second-order valence-electron chi connectivity index (χ2n) is 7.10. The van der Waals surface area contributed by atoms with Gasteiger partial charge in [-0.05, 0) is 44.4 Å². The Morgan fingerprint density at radius 3 is 2.52 bits per heavy atom. The zero-order valence-electron chi connectivity index (χ0n) is 16.6. The molecule has 0 aliphatic carbocycles. The number of halogens is 2. The molecule has 7 heteroatoms. The van der Waals surface area contributed by atoms with Crippen molar-refractivity contribution in [2.75, 3.05) is 27.2 Å². The van der Waals surface area contributed by atoms with Gasteiger partial charge in [-0.15, -0.1) is 0 Å². The second kappa shape index (κ2) is 9.67. The van der Waals surface area contributed by atoms with E-state index in [1.165, 1.54) is 6.07 Å². The Balaban J connectivity index is 1.81. The highest BCUT2D eigenvalue weighted by molar-refractivity contribution is 6.30. The number of nitrogens with zero attached hydrogens (tertiary/aromatic N) is 4. The average Bonchev–Trinajstić information content (AvgIpc) is 3.13.